The summed E-state index contributed by atoms with van der Waals surface area (Å²) in [6.07, 6.45) is 4.70. The molecule has 6 nitrogen and oxygen atoms in total. The fourth-order valence-electron chi connectivity index (χ4n) is 4.39. The molecule has 0 bridgehead atoms. The Balaban J connectivity index is 0.00000306. The van der Waals surface area contributed by atoms with Crippen molar-refractivity contribution in [1.82, 2.24) is 20.5 Å². The van der Waals surface area contributed by atoms with Crippen LogP contribution in [0.4, 0.5) is 0 Å². The van der Waals surface area contributed by atoms with E-state index in [2.05, 4.69) is 81.1 Å². The van der Waals surface area contributed by atoms with Crippen LogP contribution in [0.3, 0.4) is 0 Å². The number of hydrogen-bond donors (Lipinski definition) is 4. The molecule has 0 saturated carbocycles. The molecule has 2 aromatic carbocycles. The third kappa shape index (κ3) is 6.94. The van der Waals surface area contributed by atoms with E-state index in [0.29, 0.717) is 0 Å². The van der Waals surface area contributed by atoms with E-state index in [4.69, 9.17) is 0 Å². The minimum Gasteiger partial charge on any atom is -0.393 e. The molecule has 1 saturated heterocycles. The van der Waals surface area contributed by atoms with Gasteiger partial charge in [0.1, 0.15) is 0 Å². The molecule has 0 radical (unpaired) electrons. The van der Waals surface area contributed by atoms with Crippen molar-refractivity contribution in [2.75, 3.05) is 26.7 Å². The normalized spacial score (nSPS) is 15.4. The zero-order chi connectivity index (χ0) is 22.3. The Kier molecular flexibility index (Phi) is 9.58. The van der Waals surface area contributed by atoms with Crippen molar-refractivity contribution in [1.29, 1.82) is 0 Å². The fraction of sp³-hybridized carbons (Fsp3) is 0.423. The number of aromatic nitrogens is 1. The lowest BCUT2D eigenvalue weighted by atomic mass is 10.1. The molecule has 7 heteroatoms. The topological polar surface area (TPSA) is 75.7 Å². The Morgan fingerprint density at radius 3 is 2.55 bits per heavy atom. The number of halogens is 1. The summed E-state index contributed by atoms with van der Waals surface area (Å²) in [6, 6.07) is 15.2. The van der Waals surface area contributed by atoms with Crippen molar-refractivity contribution in [3.05, 3.63) is 70.9 Å². The molecule has 4 N–H and O–H groups in total. The number of fused-ring (bicyclic) bond motifs is 1. The Hall–Kier alpha value is -2.10. The predicted molar refractivity (Wildman–Crippen MR) is 147 cm³/mol. The van der Waals surface area contributed by atoms with Crippen molar-refractivity contribution in [3.8, 4) is 0 Å². The minimum atomic E-state index is -0.116. The molecule has 3 aromatic rings. The van der Waals surface area contributed by atoms with Gasteiger partial charge in [-0.15, -0.1) is 24.0 Å². The molecule has 4 rings (SSSR count). The number of aliphatic hydroxyl groups is 1. The molecule has 1 aliphatic heterocycles. The second kappa shape index (κ2) is 12.4. The Morgan fingerprint density at radius 2 is 1.82 bits per heavy atom. The quantitative estimate of drug-likeness (QED) is 0.200. The van der Waals surface area contributed by atoms with Gasteiger partial charge in [-0.05, 0) is 48.4 Å². The van der Waals surface area contributed by atoms with E-state index in [9.17, 15) is 5.11 Å². The zero-order valence-electron chi connectivity index (χ0n) is 19.6. The van der Waals surface area contributed by atoms with Gasteiger partial charge >= 0.3 is 0 Å². The van der Waals surface area contributed by atoms with Crippen molar-refractivity contribution in [2.45, 2.75) is 45.4 Å². The first-order chi connectivity index (χ1) is 15.6. The molecule has 33 heavy (non-hydrogen) atoms. The highest BCUT2D eigenvalue weighted by atomic mass is 127. The molecule has 0 amide bonds. The summed E-state index contributed by atoms with van der Waals surface area (Å²) in [4.78, 5) is 10.2. The maximum atomic E-state index is 9.66. The van der Waals surface area contributed by atoms with Crippen LogP contribution < -0.4 is 10.6 Å². The summed E-state index contributed by atoms with van der Waals surface area (Å²) in [7, 11) is 1.81. The third-order valence-electron chi connectivity index (χ3n) is 6.37. The van der Waals surface area contributed by atoms with Crippen LogP contribution in [0.2, 0.25) is 0 Å². The average Bonchev–Trinajstić information content (AvgIpc) is 3.23. The summed E-state index contributed by atoms with van der Waals surface area (Å²) in [6.45, 7) is 6.61. The van der Waals surface area contributed by atoms with E-state index in [1.54, 1.807) is 0 Å². The van der Waals surface area contributed by atoms with Crippen LogP contribution in [0, 0.1) is 6.92 Å². The first-order valence-electron chi connectivity index (χ1n) is 11.6. The Bertz CT molecular complexity index is 1040. The van der Waals surface area contributed by atoms with Gasteiger partial charge in [0.05, 0.1) is 6.10 Å². The van der Waals surface area contributed by atoms with Gasteiger partial charge < -0.3 is 20.7 Å². The van der Waals surface area contributed by atoms with Gasteiger partial charge in [0.2, 0.25) is 0 Å². The Morgan fingerprint density at radius 1 is 1.09 bits per heavy atom. The summed E-state index contributed by atoms with van der Waals surface area (Å²) in [5, 5.41) is 17.8. The monoisotopic (exact) mass is 561 g/mol. The third-order valence-corrected chi connectivity index (χ3v) is 6.37. The highest BCUT2D eigenvalue weighted by Crippen LogP contribution is 2.21. The van der Waals surface area contributed by atoms with Crippen molar-refractivity contribution < 1.29 is 5.11 Å². The molecule has 0 unspecified atom stereocenters. The SMILES string of the molecule is CN=C(NCCc1c[nH]c2c(C)cccc12)NCc1ccc(CN2CCC(O)CC2)cc1.I. The number of aliphatic hydroxyl groups excluding tert-OH is 1. The van der Waals surface area contributed by atoms with Crippen LogP contribution in [-0.4, -0.2) is 53.7 Å². The number of para-hydroxylation sites is 1. The van der Waals surface area contributed by atoms with E-state index >= 15 is 0 Å². The highest BCUT2D eigenvalue weighted by molar-refractivity contribution is 14.0. The minimum absolute atomic E-state index is 0. The van der Waals surface area contributed by atoms with Gasteiger partial charge in [0.25, 0.3) is 0 Å². The molecule has 0 aliphatic carbocycles. The van der Waals surface area contributed by atoms with Crippen LogP contribution in [-0.2, 0) is 19.5 Å². The molecular weight excluding hydrogens is 525 g/mol. The van der Waals surface area contributed by atoms with E-state index in [-0.39, 0.29) is 30.1 Å². The molecule has 2 heterocycles. The smallest absolute Gasteiger partial charge is 0.191 e. The number of nitrogens with zero attached hydrogens (tertiary/aromatic N) is 2. The number of aryl methyl sites for hydroxylation is 1. The summed E-state index contributed by atoms with van der Waals surface area (Å²) in [5.41, 5.74) is 6.39. The number of piperidine rings is 1. The van der Waals surface area contributed by atoms with Gasteiger partial charge in [-0.2, -0.15) is 0 Å². The van der Waals surface area contributed by atoms with E-state index in [0.717, 1.165) is 57.9 Å². The number of aliphatic imine (C=N–C) groups is 1. The van der Waals surface area contributed by atoms with Crippen molar-refractivity contribution in [3.63, 3.8) is 0 Å². The predicted octanol–water partition coefficient (Wildman–Crippen LogP) is 3.96. The van der Waals surface area contributed by atoms with Crippen molar-refractivity contribution >= 4 is 40.8 Å². The number of guanidine groups is 1. The molecule has 178 valence electrons. The second-order valence-electron chi connectivity index (χ2n) is 8.74. The first-order valence-corrected chi connectivity index (χ1v) is 11.6. The lowest BCUT2D eigenvalue weighted by Gasteiger charge is -2.29. The maximum absolute atomic E-state index is 9.66. The van der Waals surface area contributed by atoms with Gasteiger partial charge in [0, 0.05) is 56.9 Å². The fourth-order valence-corrected chi connectivity index (χ4v) is 4.39. The number of hydrogen-bond acceptors (Lipinski definition) is 3. The lowest BCUT2D eigenvalue weighted by Crippen LogP contribution is -2.37. The standard InChI is InChI=1S/C26H35N5O.HI/c1-19-4-3-5-24-22(17-29-25(19)24)10-13-28-26(27-2)30-16-20-6-8-21(9-7-20)18-31-14-11-23(32)12-15-31;/h3-9,17,23,29,32H,10-16,18H2,1-2H3,(H2,27,28,30);1H. The first kappa shape index (κ1) is 25.5. The molecule has 0 spiro atoms. The number of rotatable bonds is 7. The van der Waals surface area contributed by atoms with Gasteiger partial charge in [-0.1, -0.05) is 42.5 Å². The summed E-state index contributed by atoms with van der Waals surface area (Å²) < 4.78 is 0. The van der Waals surface area contributed by atoms with Gasteiger partial charge in [-0.25, -0.2) is 0 Å². The number of likely N-dealkylation sites (tertiary alicyclic amines) is 1. The van der Waals surface area contributed by atoms with E-state index in [1.807, 2.05) is 7.05 Å². The van der Waals surface area contributed by atoms with E-state index in [1.165, 1.54) is 33.2 Å². The van der Waals surface area contributed by atoms with Crippen LogP contribution in [0.25, 0.3) is 10.9 Å². The number of benzene rings is 2. The number of nitrogens with one attached hydrogen (secondary N) is 3. The van der Waals surface area contributed by atoms with Crippen molar-refractivity contribution in [2.24, 2.45) is 4.99 Å². The van der Waals surface area contributed by atoms with Crippen LogP contribution in [0.5, 0.6) is 0 Å². The van der Waals surface area contributed by atoms with Crippen LogP contribution in [0.15, 0.2) is 53.7 Å². The molecular formula is C26H36IN5O. The average molecular weight is 562 g/mol. The molecule has 1 aromatic heterocycles. The summed E-state index contributed by atoms with van der Waals surface area (Å²) in [5.74, 6) is 0.817. The highest BCUT2D eigenvalue weighted by Gasteiger charge is 2.16. The van der Waals surface area contributed by atoms with Gasteiger partial charge in [-0.3, -0.25) is 9.89 Å². The second-order valence-corrected chi connectivity index (χ2v) is 8.74. The van der Waals surface area contributed by atoms with E-state index < -0.39 is 0 Å². The number of H-pyrrole nitrogens is 1. The molecule has 1 aliphatic rings. The van der Waals surface area contributed by atoms with Crippen LogP contribution >= 0.6 is 24.0 Å². The lowest BCUT2D eigenvalue weighted by molar-refractivity contribution is 0.0792. The maximum Gasteiger partial charge on any atom is 0.191 e. The largest absolute Gasteiger partial charge is 0.393 e. The van der Waals surface area contributed by atoms with Crippen LogP contribution in [0.1, 0.15) is 35.1 Å². The molecule has 1 fully saturated rings. The number of aromatic amines is 1. The summed E-state index contributed by atoms with van der Waals surface area (Å²) >= 11 is 0. The molecule has 0 atom stereocenters. The Labute approximate surface area is 213 Å². The van der Waals surface area contributed by atoms with Gasteiger partial charge in [0.15, 0.2) is 5.96 Å². The zero-order valence-corrected chi connectivity index (χ0v) is 21.9.